The molecule has 114 valence electrons. The molecule has 20 heavy (non-hydrogen) atoms. The van der Waals surface area contributed by atoms with Crippen molar-refractivity contribution in [2.24, 2.45) is 5.73 Å². The predicted octanol–water partition coefficient (Wildman–Crippen LogP) is 0.915. The molecule has 7 nitrogen and oxygen atoms in total. The molecule has 0 saturated heterocycles. The molecule has 1 rings (SSSR count). The molecule has 0 aliphatic carbocycles. The van der Waals surface area contributed by atoms with Crippen LogP contribution in [0.3, 0.4) is 0 Å². The van der Waals surface area contributed by atoms with Crippen LogP contribution in [0.4, 0.5) is 0 Å². The van der Waals surface area contributed by atoms with Gasteiger partial charge in [-0.3, -0.25) is 9.36 Å². The minimum absolute atomic E-state index is 0.0260. The summed E-state index contributed by atoms with van der Waals surface area (Å²) in [5, 5.41) is 6.99. The van der Waals surface area contributed by atoms with Gasteiger partial charge >= 0.3 is 11.7 Å². The lowest BCUT2D eigenvalue weighted by molar-refractivity contribution is -0.149. The second kappa shape index (κ2) is 6.94. The first-order chi connectivity index (χ1) is 9.29. The Morgan fingerprint density at radius 1 is 1.60 bits per heavy atom. The second-order valence-corrected chi connectivity index (χ2v) is 6.07. The van der Waals surface area contributed by atoms with Crippen LogP contribution in [-0.2, 0) is 9.53 Å². The van der Waals surface area contributed by atoms with E-state index in [9.17, 15) is 9.59 Å². The molecule has 0 aliphatic rings. The fourth-order valence-corrected chi connectivity index (χ4v) is 2.85. The highest BCUT2D eigenvalue weighted by molar-refractivity contribution is 7.99. The minimum atomic E-state index is -1.03. The lowest BCUT2D eigenvalue weighted by atomic mass is 10.0. The lowest BCUT2D eigenvalue weighted by Crippen LogP contribution is -2.46. The number of aromatic amines is 1. The van der Waals surface area contributed by atoms with Gasteiger partial charge in [-0.1, -0.05) is 11.8 Å². The van der Waals surface area contributed by atoms with E-state index in [4.69, 9.17) is 10.5 Å². The van der Waals surface area contributed by atoms with E-state index in [-0.39, 0.29) is 11.7 Å². The highest BCUT2D eigenvalue weighted by Crippen LogP contribution is 2.20. The molecule has 8 heteroatoms. The summed E-state index contributed by atoms with van der Waals surface area (Å²) >= 11 is 1.39. The molecule has 3 N–H and O–H groups in total. The second-order valence-electron chi connectivity index (χ2n) is 5.01. The summed E-state index contributed by atoms with van der Waals surface area (Å²) in [7, 11) is 0. The Bertz CT molecular complexity index is 507. The van der Waals surface area contributed by atoms with Crippen molar-refractivity contribution in [2.45, 2.75) is 50.9 Å². The Labute approximate surface area is 122 Å². The molecule has 0 fully saturated rings. The standard InChI is InChI=1S/C12H22N4O3S/c1-5-19-9(17)12(4,13)6-7-20-11-15-14-10(18)16(11)8(2)3/h8H,5-7,13H2,1-4H3,(H,14,18). The van der Waals surface area contributed by atoms with Crippen LogP contribution in [0.5, 0.6) is 0 Å². The number of aromatic nitrogens is 3. The Morgan fingerprint density at radius 3 is 2.80 bits per heavy atom. The lowest BCUT2D eigenvalue weighted by Gasteiger charge is -2.21. The Kier molecular flexibility index (Phi) is 5.82. The van der Waals surface area contributed by atoms with E-state index in [0.29, 0.717) is 23.9 Å². The number of carbonyl (C=O) groups is 1. The maximum absolute atomic E-state index is 11.7. The molecule has 0 aromatic carbocycles. The molecule has 0 radical (unpaired) electrons. The van der Waals surface area contributed by atoms with E-state index < -0.39 is 11.5 Å². The van der Waals surface area contributed by atoms with Crippen LogP contribution in [0.15, 0.2) is 9.95 Å². The van der Waals surface area contributed by atoms with E-state index >= 15 is 0 Å². The van der Waals surface area contributed by atoms with Crippen molar-refractivity contribution in [2.75, 3.05) is 12.4 Å². The Balaban J connectivity index is 2.61. The van der Waals surface area contributed by atoms with Gasteiger partial charge in [-0.25, -0.2) is 9.89 Å². The van der Waals surface area contributed by atoms with Gasteiger partial charge in [0, 0.05) is 11.8 Å². The van der Waals surface area contributed by atoms with Crippen LogP contribution < -0.4 is 11.4 Å². The molecule has 0 spiro atoms. The Hall–Kier alpha value is -1.28. The van der Waals surface area contributed by atoms with Gasteiger partial charge in [0.2, 0.25) is 0 Å². The first kappa shape index (κ1) is 16.8. The van der Waals surface area contributed by atoms with Crippen molar-refractivity contribution < 1.29 is 9.53 Å². The number of thioether (sulfide) groups is 1. The predicted molar refractivity (Wildman–Crippen MR) is 77.8 cm³/mol. The van der Waals surface area contributed by atoms with Gasteiger partial charge < -0.3 is 10.5 Å². The molecule has 1 atom stereocenters. The zero-order chi connectivity index (χ0) is 15.3. The SMILES string of the molecule is CCOC(=O)C(C)(N)CCSc1n[nH]c(=O)n1C(C)C. The number of carbonyl (C=O) groups excluding carboxylic acids is 1. The largest absolute Gasteiger partial charge is 0.465 e. The van der Waals surface area contributed by atoms with E-state index in [2.05, 4.69) is 10.2 Å². The van der Waals surface area contributed by atoms with Gasteiger partial charge in [0.05, 0.1) is 6.61 Å². The number of ether oxygens (including phenoxy) is 1. The molecule has 1 heterocycles. The number of hydrogen-bond donors (Lipinski definition) is 2. The van der Waals surface area contributed by atoms with Crippen molar-refractivity contribution in [1.82, 2.24) is 14.8 Å². The monoisotopic (exact) mass is 302 g/mol. The van der Waals surface area contributed by atoms with Gasteiger partial charge in [-0.2, -0.15) is 0 Å². The Morgan fingerprint density at radius 2 is 2.25 bits per heavy atom. The fourth-order valence-electron chi connectivity index (χ4n) is 1.60. The van der Waals surface area contributed by atoms with Crippen molar-refractivity contribution in [1.29, 1.82) is 0 Å². The van der Waals surface area contributed by atoms with Gasteiger partial charge in [0.25, 0.3) is 0 Å². The van der Waals surface area contributed by atoms with E-state index in [1.54, 1.807) is 18.4 Å². The molecule has 0 amide bonds. The third-order valence-electron chi connectivity index (χ3n) is 2.78. The maximum Gasteiger partial charge on any atom is 0.344 e. The first-order valence-electron chi connectivity index (χ1n) is 6.55. The van der Waals surface area contributed by atoms with Crippen molar-refractivity contribution in [3.05, 3.63) is 10.5 Å². The van der Waals surface area contributed by atoms with Crippen LogP contribution in [0.1, 0.15) is 40.2 Å². The number of rotatable bonds is 7. The topological polar surface area (TPSA) is 103 Å². The zero-order valence-corrected chi connectivity index (χ0v) is 13.1. The minimum Gasteiger partial charge on any atom is -0.465 e. The summed E-state index contributed by atoms with van der Waals surface area (Å²) in [5.74, 6) is 0.159. The molecule has 1 aromatic rings. The molecular formula is C12H22N4O3S. The molecule has 0 saturated carbocycles. The van der Waals surface area contributed by atoms with Crippen molar-refractivity contribution in [3.63, 3.8) is 0 Å². The summed E-state index contributed by atoms with van der Waals surface area (Å²) in [6.45, 7) is 7.52. The fraction of sp³-hybridized carbons (Fsp3) is 0.750. The number of H-pyrrole nitrogens is 1. The van der Waals surface area contributed by atoms with Crippen LogP contribution in [0.2, 0.25) is 0 Å². The van der Waals surface area contributed by atoms with Crippen LogP contribution in [-0.4, -0.2) is 38.6 Å². The van der Waals surface area contributed by atoms with Crippen molar-refractivity contribution in [3.8, 4) is 0 Å². The molecular weight excluding hydrogens is 280 g/mol. The van der Waals surface area contributed by atoms with Crippen molar-refractivity contribution >= 4 is 17.7 Å². The summed E-state index contributed by atoms with van der Waals surface area (Å²) in [6, 6.07) is 0.0260. The van der Waals surface area contributed by atoms with Gasteiger partial charge in [-0.05, 0) is 34.1 Å². The van der Waals surface area contributed by atoms with Crippen LogP contribution in [0.25, 0.3) is 0 Å². The third kappa shape index (κ3) is 4.11. The summed E-state index contributed by atoms with van der Waals surface area (Å²) in [4.78, 5) is 23.2. The number of nitrogens with zero attached hydrogens (tertiary/aromatic N) is 2. The molecule has 1 aromatic heterocycles. The average Bonchev–Trinajstić information content (AvgIpc) is 2.70. The smallest absolute Gasteiger partial charge is 0.344 e. The zero-order valence-electron chi connectivity index (χ0n) is 12.3. The number of esters is 1. The summed E-state index contributed by atoms with van der Waals surface area (Å²) in [5.41, 5.74) is 4.67. The molecule has 0 aliphatic heterocycles. The van der Waals surface area contributed by atoms with Gasteiger partial charge in [0.1, 0.15) is 5.54 Å². The number of nitrogens with one attached hydrogen (secondary N) is 1. The highest BCUT2D eigenvalue weighted by atomic mass is 32.2. The highest BCUT2D eigenvalue weighted by Gasteiger charge is 2.29. The maximum atomic E-state index is 11.7. The number of hydrogen-bond acceptors (Lipinski definition) is 6. The van der Waals surface area contributed by atoms with Crippen LogP contribution in [0, 0.1) is 0 Å². The number of nitrogens with two attached hydrogens (primary N) is 1. The molecule has 0 bridgehead atoms. The molecule has 1 unspecified atom stereocenters. The third-order valence-corrected chi connectivity index (χ3v) is 3.74. The van der Waals surface area contributed by atoms with E-state index in [0.717, 1.165) is 0 Å². The summed E-state index contributed by atoms with van der Waals surface area (Å²) in [6.07, 6.45) is 0.440. The van der Waals surface area contributed by atoms with E-state index in [1.165, 1.54) is 11.8 Å². The van der Waals surface area contributed by atoms with E-state index in [1.807, 2.05) is 13.8 Å². The van der Waals surface area contributed by atoms with Gasteiger partial charge in [-0.15, -0.1) is 5.10 Å². The van der Waals surface area contributed by atoms with Crippen LogP contribution >= 0.6 is 11.8 Å². The van der Waals surface area contributed by atoms with Gasteiger partial charge in [0.15, 0.2) is 5.16 Å². The summed E-state index contributed by atoms with van der Waals surface area (Å²) < 4.78 is 6.50. The average molecular weight is 302 g/mol. The quantitative estimate of drug-likeness (QED) is 0.573. The first-order valence-corrected chi connectivity index (χ1v) is 7.54. The normalized spacial score (nSPS) is 14.3.